The third-order valence-corrected chi connectivity index (χ3v) is 5.90. The summed E-state index contributed by atoms with van der Waals surface area (Å²) in [4.78, 5) is 29.9. The lowest BCUT2D eigenvalue weighted by molar-refractivity contribution is -0.137. The average molecular weight is 444 g/mol. The van der Waals surface area contributed by atoms with E-state index in [4.69, 9.17) is 0 Å². The zero-order valence-electron chi connectivity index (χ0n) is 19.1. The number of hydrogen-bond acceptors (Lipinski definition) is 4. The van der Waals surface area contributed by atoms with Crippen molar-refractivity contribution in [3.8, 4) is 0 Å². The zero-order chi connectivity index (χ0) is 23.7. The lowest BCUT2D eigenvalue weighted by Gasteiger charge is -2.16. The highest BCUT2D eigenvalue weighted by Gasteiger charge is 2.39. The van der Waals surface area contributed by atoms with Gasteiger partial charge in [-0.15, -0.1) is 0 Å². The van der Waals surface area contributed by atoms with Crippen molar-refractivity contribution in [3.63, 3.8) is 0 Å². The van der Waals surface area contributed by atoms with Crippen LogP contribution in [0.4, 0.5) is 15.8 Å². The number of rotatable bonds is 6. The minimum Gasteiger partial charge on any atom is -0.378 e. The zero-order valence-corrected chi connectivity index (χ0v) is 19.1. The molecular weight excluding hydrogens is 417 g/mol. The van der Waals surface area contributed by atoms with Gasteiger partial charge in [-0.05, 0) is 60.9 Å². The second-order valence-corrected chi connectivity index (χ2v) is 8.40. The first-order valence-corrected chi connectivity index (χ1v) is 10.7. The summed E-state index contributed by atoms with van der Waals surface area (Å²) in [6.45, 7) is 3.82. The maximum absolute atomic E-state index is 14.3. The molecule has 1 N–H and O–H groups in total. The van der Waals surface area contributed by atoms with E-state index in [0.29, 0.717) is 11.3 Å². The molecule has 168 valence electrons. The van der Waals surface area contributed by atoms with Crippen LogP contribution in [0.2, 0.25) is 0 Å². The Kier molecular flexibility index (Phi) is 6.01. The number of benzene rings is 3. The molecule has 0 saturated heterocycles. The number of anilines is 2. The number of imide groups is 1. The van der Waals surface area contributed by atoms with Crippen LogP contribution in [-0.4, -0.2) is 30.8 Å². The van der Waals surface area contributed by atoms with E-state index in [-0.39, 0.29) is 23.4 Å². The van der Waals surface area contributed by atoms with E-state index < -0.39 is 17.6 Å². The van der Waals surface area contributed by atoms with Gasteiger partial charge in [0.2, 0.25) is 0 Å². The van der Waals surface area contributed by atoms with Gasteiger partial charge < -0.3 is 10.2 Å². The predicted octanol–water partition coefficient (Wildman–Crippen LogP) is 4.90. The molecule has 0 aliphatic carbocycles. The van der Waals surface area contributed by atoms with Gasteiger partial charge in [-0.2, -0.15) is 0 Å². The number of aryl methyl sites for hydroxylation is 2. The first kappa shape index (κ1) is 22.3. The molecule has 1 heterocycles. The molecule has 6 heteroatoms. The molecule has 0 fully saturated rings. The molecule has 0 saturated carbocycles. The van der Waals surface area contributed by atoms with Crippen LogP contribution in [-0.2, 0) is 16.1 Å². The molecule has 0 unspecified atom stereocenters. The number of carbonyl (C=O) groups is 2. The number of nitrogens with one attached hydrogen (secondary N) is 1. The Hall–Kier alpha value is -3.93. The second-order valence-electron chi connectivity index (χ2n) is 8.40. The van der Waals surface area contributed by atoms with Crippen molar-refractivity contribution >= 4 is 28.8 Å². The van der Waals surface area contributed by atoms with Crippen LogP contribution < -0.4 is 10.2 Å². The lowest BCUT2D eigenvalue weighted by atomic mass is 9.99. The van der Waals surface area contributed by atoms with Gasteiger partial charge in [0.05, 0.1) is 12.1 Å². The Balaban J connectivity index is 1.75. The summed E-state index contributed by atoms with van der Waals surface area (Å²) < 4.78 is 14.3. The summed E-state index contributed by atoms with van der Waals surface area (Å²) in [6.07, 6.45) is 0. The van der Waals surface area contributed by atoms with Crippen LogP contribution in [0.5, 0.6) is 0 Å². The van der Waals surface area contributed by atoms with E-state index in [0.717, 1.165) is 21.7 Å². The maximum atomic E-state index is 14.3. The molecule has 2 amide bonds. The monoisotopic (exact) mass is 443 g/mol. The molecule has 5 nitrogen and oxygen atoms in total. The Bertz CT molecular complexity index is 1260. The third kappa shape index (κ3) is 4.37. The highest BCUT2D eigenvalue weighted by atomic mass is 19.1. The van der Waals surface area contributed by atoms with E-state index in [9.17, 15) is 14.0 Å². The van der Waals surface area contributed by atoms with Crippen LogP contribution in [0.25, 0.3) is 5.57 Å². The number of amides is 2. The molecule has 0 bridgehead atoms. The average Bonchev–Trinajstić information content (AvgIpc) is 3.02. The van der Waals surface area contributed by atoms with Crippen molar-refractivity contribution in [1.29, 1.82) is 0 Å². The van der Waals surface area contributed by atoms with Gasteiger partial charge in [-0.3, -0.25) is 14.5 Å². The Labute approximate surface area is 193 Å². The Morgan fingerprint density at radius 1 is 0.879 bits per heavy atom. The van der Waals surface area contributed by atoms with Crippen molar-refractivity contribution < 1.29 is 14.0 Å². The number of carbonyl (C=O) groups excluding carboxylic acids is 2. The first-order chi connectivity index (χ1) is 15.8. The molecule has 4 rings (SSSR count). The fourth-order valence-corrected chi connectivity index (χ4v) is 3.78. The lowest BCUT2D eigenvalue weighted by Crippen LogP contribution is -2.32. The van der Waals surface area contributed by atoms with Crippen LogP contribution >= 0.6 is 0 Å². The van der Waals surface area contributed by atoms with Gasteiger partial charge >= 0.3 is 0 Å². The molecule has 3 aromatic carbocycles. The number of nitrogens with zero attached hydrogens (tertiary/aromatic N) is 2. The SMILES string of the molecule is Cc1ccc(C2=C(Nc3ccc(N(C)C)cc3)C(=O)N(Cc3ccccc3F)C2=O)cc1C. The van der Waals surface area contributed by atoms with Gasteiger partial charge in [0, 0.05) is 31.0 Å². The summed E-state index contributed by atoms with van der Waals surface area (Å²) in [6, 6.07) is 19.4. The summed E-state index contributed by atoms with van der Waals surface area (Å²) in [5, 5.41) is 3.16. The molecule has 33 heavy (non-hydrogen) atoms. The third-order valence-electron chi connectivity index (χ3n) is 5.90. The van der Waals surface area contributed by atoms with Gasteiger partial charge in [-0.1, -0.05) is 36.4 Å². The van der Waals surface area contributed by atoms with Crippen LogP contribution in [0, 0.1) is 19.7 Å². The Morgan fingerprint density at radius 2 is 1.58 bits per heavy atom. The van der Waals surface area contributed by atoms with Crippen LogP contribution in [0.3, 0.4) is 0 Å². The molecular formula is C27H26FN3O2. The van der Waals surface area contributed by atoms with E-state index in [1.807, 2.05) is 75.3 Å². The van der Waals surface area contributed by atoms with Gasteiger partial charge in [0.25, 0.3) is 11.8 Å². The normalized spacial score (nSPS) is 13.7. The molecule has 0 aromatic heterocycles. The smallest absolute Gasteiger partial charge is 0.278 e. The summed E-state index contributed by atoms with van der Waals surface area (Å²) in [7, 11) is 3.89. The second kappa shape index (κ2) is 8.90. The molecule has 0 spiro atoms. The molecule has 3 aromatic rings. The van der Waals surface area contributed by atoms with Crippen molar-refractivity contribution in [2.45, 2.75) is 20.4 Å². The topological polar surface area (TPSA) is 52.7 Å². The minimum atomic E-state index is -0.479. The summed E-state index contributed by atoms with van der Waals surface area (Å²) in [5.74, 6) is -1.38. The highest BCUT2D eigenvalue weighted by Crippen LogP contribution is 2.33. The molecule has 1 aliphatic rings. The maximum Gasteiger partial charge on any atom is 0.278 e. The van der Waals surface area contributed by atoms with Gasteiger partial charge in [0.1, 0.15) is 11.5 Å². The number of halogens is 1. The molecule has 0 radical (unpaired) electrons. The Morgan fingerprint density at radius 3 is 2.21 bits per heavy atom. The largest absolute Gasteiger partial charge is 0.378 e. The van der Waals surface area contributed by atoms with Crippen molar-refractivity contribution in [2.75, 3.05) is 24.3 Å². The van der Waals surface area contributed by atoms with E-state index in [2.05, 4.69) is 5.32 Å². The quantitative estimate of drug-likeness (QED) is 0.551. The molecule has 0 atom stereocenters. The van der Waals surface area contributed by atoms with Gasteiger partial charge in [0.15, 0.2) is 0 Å². The van der Waals surface area contributed by atoms with Crippen molar-refractivity contribution in [3.05, 3.63) is 100 Å². The van der Waals surface area contributed by atoms with Crippen LogP contribution in [0.1, 0.15) is 22.3 Å². The fraction of sp³-hybridized carbons (Fsp3) is 0.185. The van der Waals surface area contributed by atoms with E-state index in [1.54, 1.807) is 18.2 Å². The highest BCUT2D eigenvalue weighted by molar-refractivity contribution is 6.36. The summed E-state index contributed by atoms with van der Waals surface area (Å²) >= 11 is 0. The minimum absolute atomic E-state index is 0.135. The summed E-state index contributed by atoms with van der Waals surface area (Å²) in [5.41, 5.74) is 5.23. The number of hydrogen-bond donors (Lipinski definition) is 1. The first-order valence-electron chi connectivity index (χ1n) is 10.7. The fourth-order valence-electron chi connectivity index (χ4n) is 3.78. The van der Waals surface area contributed by atoms with E-state index >= 15 is 0 Å². The molecule has 1 aliphatic heterocycles. The predicted molar refractivity (Wildman–Crippen MR) is 129 cm³/mol. The van der Waals surface area contributed by atoms with E-state index in [1.165, 1.54) is 6.07 Å². The standard InChI is InChI=1S/C27H26FN3O2/c1-17-9-10-19(15-18(17)2)24-25(29-21-11-13-22(14-12-21)30(3)4)27(33)31(26(24)32)16-20-7-5-6-8-23(20)28/h5-15,29H,16H2,1-4H3. The van der Waals surface area contributed by atoms with Gasteiger partial charge in [-0.25, -0.2) is 4.39 Å². The van der Waals surface area contributed by atoms with Crippen LogP contribution in [0.15, 0.2) is 72.4 Å². The van der Waals surface area contributed by atoms with Crippen molar-refractivity contribution in [2.24, 2.45) is 0 Å². The van der Waals surface area contributed by atoms with Crippen molar-refractivity contribution in [1.82, 2.24) is 4.90 Å².